The number of anilines is 1. The van der Waals surface area contributed by atoms with Gasteiger partial charge in [0, 0.05) is 12.8 Å². The molecule has 0 saturated heterocycles. The van der Waals surface area contributed by atoms with Crippen LogP contribution in [-0.2, 0) is 9.84 Å². The minimum atomic E-state index is -3.28. The van der Waals surface area contributed by atoms with Crippen LogP contribution in [0.25, 0.3) is 0 Å². The van der Waals surface area contributed by atoms with E-state index in [0.29, 0.717) is 0 Å². The molecule has 112 valence electrons. The molecular formula is C12H18N2O5S. The number of methoxy groups -OCH3 is 1. The summed E-state index contributed by atoms with van der Waals surface area (Å²) in [7, 11) is -1.95. The highest BCUT2D eigenvalue weighted by Crippen LogP contribution is 2.34. The number of sulfone groups is 1. The fraction of sp³-hybridized carbons (Fsp3) is 0.500. The number of nitro benzene ring substituents is 1. The maximum absolute atomic E-state index is 11.6. The average Bonchev–Trinajstić information content (AvgIpc) is 2.34. The normalized spacial score (nSPS) is 12.0. The lowest BCUT2D eigenvalue weighted by Gasteiger charge is -2.23. The van der Waals surface area contributed by atoms with E-state index in [2.05, 4.69) is 5.32 Å². The van der Waals surface area contributed by atoms with Crippen LogP contribution in [0.15, 0.2) is 18.2 Å². The molecule has 0 radical (unpaired) electrons. The number of ether oxygens (including phenoxy) is 1. The monoisotopic (exact) mass is 302 g/mol. The first-order chi connectivity index (χ1) is 9.10. The van der Waals surface area contributed by atoms with Gasteiger partial charge in [-0.1, -0.05) is 6.07 Å². The molecule has 0 heterocycles. The Labute approximate surface area is 118 Å². The zero-order valence-electron chi connectivity index (χ0n) is 11.8. The van der Waals surface area contributed by atoms with Crippen LogP contribution in [0.4, 0.5) is 11.4 Å². The lowest BCUT2D eigenvalue weighted by molar-refractivity contribution is -0.384. The van der Waals surface area contributed by atoms with Gasteiger partial charge >= 0.3 is 5.69 Å². The third-order valence-corrected chi connectivity index (χ3v) is 5.26. The highest BCUT2D eigenvalue weighted by molar-refractivity contribution is 7.92. The van der Waals surface area contributed by atoms with Crippen molar-refractivity contribution in [3.05, 3.63) is 28.3 Å². The summed E-state index contributed by atoms with van der Waals surface area (Å²) in [5.41, 5.74) is 0.0189. The van der Waals surface area contributed by atoms with Crippen molar-refractivity contribution in [2.45, 2.75) is 18.6 Å². The second-order valence-corrected chi connectivity index (χ2v) is 7.65. The van der Waals surface area contributed by atoms with E-state index < -0.39 is 19.5 Å². The van der Waals surface area contributed by atoms with Gasteiger partial charge in [-0.05, 0) is 26.0 Å². The molecule has 0 aliphatic carbocycles. The molecule has 0 saturated carbocycles. The van der Waals surface area contributed by atoms with Gasteiger partial charge in [0.25, 0.3) is 0 Å². The van der Waals surface area contributed by atoms with Gasteiger partial charge in [0.15, 0.2) is 15.6 Å². The van der Waals surface area contributed by atoms with Crippen LogP contribution >= 0.6 is 0 Å². The SMILES string of the molecule is COc1cccc(NCC(C)(C)S(C)(=O)=O)c1[N+](=O)[O-]. The van der Waals surface area contributed by atoms with Gasteiger partial charge in [-0.2, -0.15) is 0 Å². The van der Waals surface area contributed by atoms with Crippen molar-refractivity contribution in [1.82, 2.24) is 0 Å². The van der Waals surface area contributed by atoms with Crippen LogP contribution < -0.4 is 10.1 Å². The molecule has 0 aromatic heterocycles. The number of hydrogen-bond donors (Lipinski definition) is 1. The van der Waals surface area contributed by atoms with Gasteiger partial charge in [0.2, 0.25) is 0 Å². The van der Waals surface area contributed by atoms with Crippen LogP contribution in [0.5, 0.6) is 5.75 Å². The van der Waals surface area contributed by atoms with Crippen LogP contribution in [0, 0.1) is 10.1 Å². The standard InChI is InChI=1S/C12H18N2O5S/c1-12(2,20(4,17)18)8-13-9-6-5-7-10(19-3)11(9)14(15)16/h5-7,13H,8H2,1-4H3. The zero-order chi connectivity index (χ0) is 15.6. The topological polar surface area (TPSA) is 98.5 Å². The minimum absolute atomic E-state index is 0.0554. The Morgan fingerprint density at radius 2 is 2.00 bits per heavy atom. The van der Waals surface area contributed by atoms with Gasteiger partial charge in [-0.25, -0.2) is 8.42 Å². The summed E-state index contributed by atoms with van der Waals surface area (Å²) >= 11 is 0. The zero-order valence-corrected chi connectivity index (χ0v) is 12.7. The van der Waals surface area contributed by atoms with Crippen molar-refractivity contribution in [3.8, 4) is 5.75 Å². The Hall–Kier alpha value is -1.83. The van der Waals surface area contributed by atoms with Gasteiger partial charge in [-0.3, -0.25) is 10.1 Å². The molecule has 0 unspecified atom stereocenters. The van der Waals surface area contributed by atoms with E-state index in [1.807, 2.05) is 0 Å². The Kier molecular flexibility index (Phi) is 4.59. The van der Waals surface area contributed by atoms with Crippen molar-refractivity contribution in [2.24, 2.45) is 0 Å². The molecule has 0 aliphatic heterocycles. The fourth-order valence-electron chi connectivity index (χ4n) is 1.46. The van der Waals surface area contributed by atoms with E-state index in [1.165, 1.54) is 19.2 Å². The average molecular weight is 302 g/mol. The molecule has 0 fully saturated rings. The Morgan fingerprint density at radius 3 is 2.45 bits per heavy atom. The molecule has 0 bridgehead atoms. The molecule has 0 atom stereocenters. The number of nitro groups is 1. The molecule has 1 N–H and O–H groups in total. The summed E-state index contributed by atoms with van der Waals surface area (Å²) in [6.07, 6.45) is 1.13. The van der Waals surface area contributed by atoms with E-state index in [4.69, 9.17) is 4.74 Å². The molecule has 1 rings (SSSR count). The van der Waals surface area contributed by atoms with Crippen molar-refractivity contribution >= 4 is 21.2 Å². The molecule has 1 aromatic rings. The minimum Gasteiger partial charge on any atom is -0.490 e. The summed E-state index contributed by atoms with van der Waals surface area (Å²) in [4.78, 5) is 10.5. The first-order valence-electron chi connectivity index (χ1n) is 5.85. The fourth-order valence-corrected chi connectivity index (χ4v) is 1.79. The number of para-hydroxylation sites is 1. The van der Waals surface area contributed by atoms with Gasteiger partial charge < -0.3 is 10.1 Å². The number of rotatable bonds is 6. The number of benzene rings is 1. The smallest absolute Gasteiger partial charge is 0.333 e. The second-order valence-electron chi connectivity index (χ2n) is 5.00. The largest absolute Gasteiger partial charge is 0.490 e. The van der Waals surface area contributed by atoms with E-state index in [0.717, 1.165) is 6.26 Å². The van der Waals surface area contributed by atoms with E-state index in [1.54, 1.807) is 19.9 Å². The quantitative estimate of drug-likeness (QED) is 0.636. The highest BCUT2D eigenvalue weighted by atomic mass is 32.2. The summed E-state index contributed by atoms with van der Waals surface area (Å²) in [5, 5.41) is 13.9. The number of nitrogens with one attached hydrogen (secondary N) is 1. The van der Waals surface area contributed by atoms with Crippen LogP contribution in [0.2, 0.25) is 0 Å². The highest BCUT2D eigenvalue weighted by Gasteiger charge is 2.31. The Balaban J connectivity index is 3.08. The molecule has 0 amide bonds. The Morgan fingerprint density at radius 1 is 1.40 bits per heavy atom. The summed E-state index contributed by atoms with van der Waals surface area (Å²) in [5.74, 6) is 0.122. The Bertz CT molecular complexity index is 610. The molecule has 0 spiro atoms. The molecule has 7 nitrogen and oxygen atoms in total. The first-order valence-corrected chi connectivity index (χ1v) is 7.74. The second kappa shape index (κ2) is 5.66. The first kappa shape index (κ1) is 16.2. The van der Waals surface area contributed by atoms with Gasteiger partial charge in [0.05, 0.1) is 16.8 Å². The summed E-state index contributed by atoms with van der Waals surface area (Å²) in [6, 6.07) is 4.59. The van der Waals surface area contributed by atoms with Crippen LogP contribution in [0.1, 0.15) is 13.8 Å². The van der Waals surface area contributed by atoms with Crippen molar-refractivity contribution in [2.75, 3.05) is 25.2 Å². The van der Waals surface area contributed by atoms with Crippen molar-refractivity contribution < 1.29 is 18.1 Å². The van der Waals surface area contributed by atoms with Gasteiger partial charge in [0.1, 0.15) is 5.69 Å². The van der Waals surface area contributed by atoms with Crippen molar-refractivity contribution in [3.63, 3.8) is 0 Å². The molecular weight excluding hydrogens is 284 g/mol. The lowest BCUT2D eigenvalue weighted by Crippen LogP contribution is -2.38. The maximum Gasteiger partial charge on any atom is 0.333 e. The number of hydrogen-bond acceptors (Lipinski definition) is 6. The van der Waals surface area contributed by atoms with Crippen LogP contribution in [0.3, 0.4) is 0 Å². The van der Waals surface area contributed by atoms with E-state index >= 15 is 0 Å². The lowest BCUT2D eigenvalue weighted by atomic mass is 10.2. The molecule has 1 aromatic carbocycles. The van der Waals surface area contributed by atoms with E-state index in [-0.39, 0.29) is 23.7 Å². The van der Waals surface area contributed by atoms with Crippen molar-refractivity contribution in [1.29, 1.82) is 0 Å². The van der Waals surface area contributed by atoms with Gasteiger partial charge in [-0.15, -0.1) is 0 Å². The molecule has 8 heteroatoms. The summed E-state index contributed by atoms with van der Waals surface area (Å²) < 4.78 is 27.1. The van der Waals surface area contributed by atoms with E-state index in [9.17, 15) is 18.5 Å². The number of nitrogens with zero attached hydrogens (tertiary/aromatic N) is 1. The predicted molar refractivity (Wildman–Crippen MR) is 77.1 cm³/mol. The molecule has 0 aliphatic rings. The van der Waals surface area contributed by atoms with Crippen LogP contribution in [-0.4, -0.2) is 38.0 Å². The third kappa shape index (κ3) is 3.38. The predicted octanol–water partition coefficient (Wildman–Crippen LogP) is 1.84. The third-order valence-electron chi connectivity index (χ3n) is 3.11. The molecule has 20 heavy (non-hydrogen) atoms. The maximum atomic E-state index is 11.6. The summed E-state index contributed by atoms with van der Waals surface area (Å²) in [6.45, 7) is 3.17.